The topological polar surface area (TPSA) is 64.4 Å². The van der Waals surface area contributed by atoms with Gasteiger partial charge in [-0.1, -0.05) is 6.92 Å². The van der Waals surface area contributed by atoms with Crippen molar-refractivity contribution in [1.82, 2.24) is 5.32 Å². The second kappa shape index (κ2) is 3.51. The van der Waals surface area contributed by atoms with Gasteiger partial charge in [-0.15, -0.1) is 0 Å². The number of nitrogens with one attached hydrogen (secondary N) is 1. The van der Waals surface area contributed by atoms with E-state index >= 15 is 0 Å². The quantitative estimate of drug-likeness (QED) is 0.657. The van der Waals surface area contributed by atoms with Gasteiger partial charge in [0.05, 0.1) is 5.41 Å². The summed E-state index contributed by atoms with van der Waals surface area (Å²) in [4.78, 5) is 11.9. The van der Waals surface area contributed by atoms with Crippen LogP contribution in [-0.2, 0) is 9.53 Å². The zero-order valence-corrected chi connectivity index (χ0v) is 8.58. The van der Waals surface area contributed by atoms with Crippen LogP contribution in [0.4, 0.5) is 0 Å². The maximum absolute atomic E-state index is 11.9. The van der Waals surface area contributed by atoms with Crippen molar-refractivity contribution < 1.29 is 9.53 Å². The molecule has 1 heterocycles. The fourth-order valence-electron chi connectivity index (χ4n) is 1.77. The van der Waals surface area contributed by atoms with Gasteiger partial charge in [0, 0.05) is 25.3 Å². The molecule has 2 fully saturated rings. The average Bonchev–Trinajstić information content (AvgIpc) is 2.83. The van der Waals surface area contributed by atoms with Gasteiger partial charge in [-0.25, -0.2) is 0 Å². The molecular weight excluding hydrogens is 180 g/mol. The molecule has 1 amide bonds. The van der Waals surface area contributed by atoms with Gasteiger partial charge < -0.3 is 15.8 Å². The highest BCUT2D eigenvalue weighted by molar-refractivity contribution is 5.83. The van der Waals surface area contributed by atoms with Gasteiger partial charge in [0.2, 0.25) is 5.91 Å². The first-order valence-corrected chi connectivity index (χ1v) is 5.26. The lowest BCUT2D eigenvalue weighted by molar-refractivity contribution is -0.135. The molecule has 14 heavy (non-hydrogen) atoms. The minimum atomic E-state index is -0.236. The second-order valence-corrected chi connectivity index (χ2v) is 4.65. The Balaban J connectivity index is 1.88. The summed E-state index contributed by atoms with van der Waals surface area (Å²) < 4.78 is 5.25. The van der Waals surface area contributed by atoms with E-state index in [1.165, 1.54) is 0 Å². The molecule has 4 heteroatoms. The first kappa shape index (κ1) is 9.93. The van der Waals surface area contributed by atoms with Crippen molar-refractivity contribution in [2.45, 2.75) is 38.3 Å². The fraction of sp³-hybridized carbons (Fsp3) is 0.900. The molecule has 1 saturated carbocycles. The lowest BCUT2D eigenvalue weighted by Gasteiger charge is -2.32. The van der Waals surface area contributed by atoms with Crippen molar-refractivity contribution in [3.8, 4) is 0 Å². The summed E-state index contributed by atoms with van der Waals surface area (Å²) in [7, 11) is 0. The number of amides is 1. The summed E-state index contributed by atoms with van der Waals surface area (Å²) in [6, 6.07) is 0.407. The van der Waals surface area contributed by atoms with Crippen LogP contribution in [0.5, 0.6) is 0 Å². The molecule has 0 aromatic heterocycles. The molecule has 0 aromatic rings. The Morgan fingerprint density at radius 1 is 1.50 bits per heavy atom. The van der Waals surface area contributed by atoms with Crippen molar-refractivity contribution >= 4 is 5.91 Å². The molecule has 3 N–H and O–H groups in total. The third kappa shape index (κ3) is 1.91. The van der Waals surface area contributed by atoms with Gasteiger partial charge in [-0.3, -0.25) is 4.79 Å². The summed E-state index contributed by atoms with van der Waals surface area (Å²) >= 11 is 0. The third-order valence-corrected chi connectivity index (χ3v) is 3.30. The summed E-state index contributed by atoms with van der Waals surface area (Å²) in [5.41, 5.74) is 5.41. The Kier molecular flexibility index (Phi) is 2.49. The van der Waals surface area contributed by atoms with E-state index in [1.54, 1.807) is 0 Å². The number of ether oxygens (including phenoxy) is 1. The minimum absolute atomic E-state index is 0.152. The zero-order chi connectivity index (χ0) is 10.2. The van der Waals surface area contributed by atoms with Gasteiger partial charge in [0.25, 0.3) is 0 Å². The summed E-state index contributed by atoms with van der Waals surface area (Å²) in [6.45, 7) is 3.40. The van der Waals surface area contributed by atoms with Crippen LogP contribution >= 0.6 is 0 Å². The number of hydrogen-bond acceptors (Lipinski definition) is 3. The first-order valence-electron chi connectivity index (χ1n) is 5.26. The molecule has 1 aliphatic carbocycles. The molecule has 0 spiro atoms. The van der Waals surface area contributed by atoms with Crippen LogP contribution in [-0.4, -0.2) is 31.2 Å². The zero-order valence-electron chi connectivity index (χ0n) is 8.58. The smallest absolute Gasteiger partial charge is 0.226 e. The number of rotatable bonds is 2. The Morgan fingerprint density at radius 3 is 2.57 bits per heavy atom. The molecule has 2 atom stereocenters. The van der Waals surface area contributed by atoms with E-state index in [4.69, 9.17) is 10.5 Å². The van der Waals surface area contributed by atoms with Gasteiger partial charge in [-0.2, -0.15) is 0 Å². The Bertz CT molecular complexity index is 236. The molecular formula is C10H18N2O2. The molecule has 1 saturated heterocycles. The third-order valence-electron chi connectivity index (χ3n) is 3.30. The first-order chi connectivity index (χ1) is 6.62. The van der Waals surface area contributed by atoms with Gasteiger partial charge >= 0.3 is 0 Å². The fourth-order valence-corrected chi connectivity index (χ4v) is 1.77. The van der Waals surface area contributed by atoms with Crippen LogP contribution < -0.4 is 11.1 Å². The lowest BCUT2D eigenvalue weighted by Crippen LogP contribution is -2.44. The maximum Gasteiger partial charge on any atom is 0.226 e. The van der Waals surface area contributed by atoms with Crippen molar-refractivity contribution in [2.24, 2.45) is 11.1 Å². The molecule has 80 valence electrons. The van der Waals surface area contributed by atoms with Gasteiger partial charge in [0.1, 0.15) is 0 Å². The van der Waals surface area contributed by atoms with Crippen molar-refractivity contribution in [2.75, 3.05) is 13.2 Å². The lowest BCUT2D eigenvalue weighted by atomic mass is 9.81. The number of carbonyl (C=O) groups excluding carboxylic acids is 1. The standard InChI is InChI=1S/C10H18N2O2/c1-10(2-4-14-5-3-10)9(13)12-8-6-7(8)11/h7-8H,2-6,11H2,1H3,(H,12,13). The van der Waals surface area contributed by atoms with Gasteiger partial charge in [-0.05, 0) is 19.3 Å². The maximum atomic E-state index is 11.9. The Hall–Kier alpha value is -0.610. The highest BCUT2D eigenvalue weighted by Gasteiger charge is 2.41. The van der Waals surface area contributed by atoms with E-state index in [1.807, 2.05) is 6.92 Å². The molecule has 2 aliphatic rings. The monoisotopic (exact) mass is 198 g/mol. The highest BCUT2D eigenvalue weighted by atomic mass is 16.5. The summed E-state index contributed by atoms with van der Waals surface area (Å²) in [5, 5.41) is 2.99. The van der Waals surface area contributed by atoms with Crippen LogP contribution in [0.1, 0.15) is 26.2 Å². The molecule has 1 aliphatic heterocycles. The predicted octanol–water partition coefficient (Wildman–Crippen LogP) is 0.0189. The minimum Gasteiger partial charge on any atom is -0.381 e. The normalized spacial score (nSPS) is 35.0. The van der Waals surface area contributed by atoms with Crippen LogP contribution in [0.2, 0.25) is 0 Å². The molecule has 2 unspecified atom stereocenters. The number of hydrogen-bond donors (Lipinski definition) is 2. The molecule has 0 radical (unpaired) electrons. The Labute approximate surface area is 84.2 Å². The average molecular weight is 198 g/mol. The predicted molar refractivity (Wildman–Crippen MR) is 52.7 cm³/mol. The number of nitrogens with two attached hydrogens (primary N) is 1. The van der Waals surface area contributed by atoms with E-state index in [0.29, 0.717) is 13.2 Å². The summed E-state index contributed by atoms with van der Waals surface area (Å²) in [5.74, 6) is 0.152. The van der Waals surface area contributed by atoms with Crippen LogP contribution in [0.25, 0.3) is 0 Å². The number of carbonyl (C=O) groups is 1. The largest absolute Gasteiger partial charge is 0.381 e. The molecule has 2 rings (SSSR count). The highest BCUT2D eigenvalue weighted by Crippen LogP contribution is 2.31. The molecule has 0 bridgehead atoms. The Morgan fingerprint density at radius 2 is 2.07 bits per heavy atom. The van der Waals surface area contributed by atoms with E-state index in [9.17, 15) is 4.79 Å². The SMILES string of the molecule is CC1(C(=O)NC2CC2N)CCOCC1. The second-order valence-electron chi connectivity index (χ2n) is 4.65. The van der Waals surface area contributed by atoms with Crippen LogP contribution in [0.15, 0.2) is 0 Å². The van der Waals surface area contributed by atoms with E-state index in [-0.39, 0.29) is 23.4 Å². The van der Waals surface area contributed by atoms with Crippen molar-refractivity contribution in [3.05, 3.63) is 0 Å². The molecule has 0 aromatic carbocycles. The van der Waals surface area contributed by atoms with E-state index in [0.717, 1.165) is 19.3 Å². The van der Waals surface area contributed by atoms with Crippen LogP contribution in [0.3, 0.4) is 0 Å². The van der Waals surface area contributed by atoms with E-state index in [2.05, 4.69) is 5.32 Å². The summed E-state index contributed by atoms with van der Waals surface area (Å²) in [6.07, 6.45) is 2.57. The van der Waals surface area contributed by atoms with Crippen LogP contribution in [0, 0.1) is 5.41 Å². The van der Waals surface area contributed by atoms with E-state index < -0.39 is 0 Å². The van der Waals surface area contributed by atoms with Crippen molar-refractivity contribution in [3.63, 3.8) is 0 Å². The van der Waals surface area contributed by atoms with Gasteiger partial charge in [0.15, 0.2) is 0 Å². The van der Waals surface area contributed by atoms with Crippen molar-refractivity contribution in [1.29, 1.82) is 0 Å². The molecule has 4 nitrogen and oxygen atoms in total.